The van der Waals surface area contributed by atoms with Gasteiger partial charge in [0.2, 0.25) is 0 Å². The molecular formula is C22H18N4O4S. The molecule has 8 nitrogen and oxygen atoms in total. The van der Waals surface area contributed by atoms with Gasteiger partial charge in [0, 0.05) is 6.07 Å². The third-order valence-electron chi connectivity index (χ3n) is 4.93. The predicted octanol–water partition coefficient (Wildman–Crippen LogP) is 2.41. The van der Waals surface area contributed by atoms with Gasteiger partial charge in [0.25, 0.3) is 17.7 Å². The summed E-state index contributed by atoms with van der Waals surface area (Å²) >= 11 is 5.21. The van der Waals surface area contributed by atoms with Gasteiger partial charge in [0.15, 0.2) is 5.11 Å². The largest absolute Gasteiger partial charge is 0.497 e. The molecule has 1 saturated heterocycles. The van der Waals surface area contributed by atoms with E-state index in [1.807, 2.05) is 6.07 Å². The summed E-state index contributed by atoms with van der Waals surface area (Å²) in [5.41, 5.74) is 1.34. The molecule has 2 heterocycles. The maximum atomic E-state index is 13.2. The van der Waals surface area contributed by atoms with E-state index < -0.39 is 17.7 Å². The fraction of sp³-hybridized carbons (Fsp3) is 0.136. The normalized spacial score (nSPS) is 20.3. The zero-order valence-corrected chi connectivity index (χ0v) is 17.6. The van der Waals surface area contributed by atoms with Gasteiger partial charge in [-0.2, -0.15) is 10.1 Å². The molecule has 3 amide bonds. The van der Waals surface area contributed by atoms with Crippen LogP contribution in [0.4, 0.5) is 11.4 Å². The Morgan fingerprint density at radius 2 is 1.77 bits per heavy atom. The molecule has 0 radical (unpaired) electrons. The van der Waals surface area contributed by atoms with Crippen molar-refractivity contribution in [3.05, 3.63) is 66.2 Å². The lowest BCUT2D eigenvalue weighted by Crippen LogP contribution is -2.54. The van der Waals surface area contributed by atoms with Gasteiger partial charge in [0.05, 0.1) is 30.1 Å². The number of carbonyl (C=O) groups excluding carboxylic acids is 3. The Hall–Kier alpha value is -3.85. The number of nitrogens with zero attached hydrogens (tertiary/aromatic N) is 3. The van der Waals surface area contributed by atoms with Crippen LogP contribution in [0.1, 0.15) is 6.92 Å². The van der Waals surface area contributed by atoms with Crippen LogP contribution < -0.4 is 20.0 Å². The molecule has 1 atom stereocenters. The Balaban J connectivity index is 1.67. The van der Waals surface area contributed by atoms with E-state index in [0.717, 1.165) is 0 Å². The van der Waals surface area contributed by atoms with Crippen LogP contribution in [0.3, 0.4) is 0 Å². The SMILES string of the molecule is COc1cccc(N2C(=O)/C(=C\C3C(=O)N(c4ccccc4)N=C3C)C(=O)NC2=S)c1. The number of para-hydroxylation sites is 1. The lowest BCUT2D eigenvalue weighted by atomic mass is 9.98. The molecule has 156 valence electrons. The van der Waals surface area contributed by atoms with E-state index in [-0.39, 0.29) is 16.6 Å². The second-order valence-corrected chi connectivity index (χ2v) is 7.27. The van der Waals surface area contributed by atoms with Crippen LogP contribution in [-0.4, -0.2) is 35.7 Å². The van der Waals surface area contributed by atoms with Crippen molar-refractivity contribution in [1.29, 1.82) is 0 Å². The Kier molecular flexibility index (Phi) is 5.35. The van der Waals surface area contributed by atoms with Crippen molar-refractivity contribution in [3.8, 4) is 5.75 Å². The number of ether oxygens (including phenoxy) is 1. The van der Waals surface area contributed by atoms with Crippen LogP contribution in [0, 0.1) is 5.92 Å². The minimum atomic E-state index is -0.844. The van der Waals surface area contributed by atoms with Crippen molar-refractivity contribution < 1.29 is 19.1 Å². The van der Waals surface area contributed by atoms with E-state index >= 15 is 0 Å². The van der Waals surface area contributed by atoms with E-state index in [1.165, 1.54) is 23.1 Å². The minimum Gasteiger partial charge on any atom is -0.497 e. The van der Waals surface area contributed by atoms with Gasteiger partial charge in [-0.25, -0.2) is 0 Å². The quantitative estimate of drug-likeness (QED) is 0.453. The molecule has 0 aliphatic carbocycles. The molecule has 1 N–H and O–H groups in total. The average Bonchev–Trinajstić information content (AvgIpc) is 3.05. The first-order valence-corrected chi connectivity index (χ1v) is 9.81. The van der Waals surface area contributed by atoms with Gasteiger partial charge in [-0.1, -0.05) is 24.3 Å². The summed E-state index contributed by atoms with van der Waals surface area (Å²) < 4.78 is 5.20. The second kappa shape index (κ2) is 8.11. The zero-order chi connectivity index (χ0) is 22.1. The summed E-state index contributed by atoms with van der Waals surface area (Å²) in [4.78, 5) is 39.9. The van der Waals surface area contributed by atoms with E-state index in [2.05, 4.69) is 10.4 Å². The lowest BCUT2D eigenvalue weighted by Gasteiger charge is -2.29. The number of methoxy groups -OCH3 is 1. The van der Waals surface area contributed by atoms with Crippen molar-refractivity contribution in [2.75, 3.05) is 17.0 Å². The molecule has 2 aromatic rings. The molecule has 1 unspecified atom stereocenters. The van der Waals surface area contributed by atoms with E-state index in [1.54, 1.807) is 55.5 Å². The summed E-state index contributed by atoms with van der Waals surface area (Å²) in [5.74, 6) is -1.95. The lowest BCUT2D eigenvalue weighted by molar-refractivity contribution is -0.122. The molecule has 4 rings (SSSR count). The van der Waals surface area contributed by atoms with Crippen molar-refractivity contribution in [3.63, 3.8) is 0 Å². The average molecular weight is 434 g/mol. The fourth-order valence-electron chi connectivity index (χ4n) is 3.35. The molecule has 2 aromatic carbocycles. The van der Waals surface area contributed by atoms with Crippen LogP contribution in [0.25, 0.3) is 0 Å². The van der Waals surface area contributed by atoms with E-state index in [9.17, 15) is 14.4 Å². The highest BCUT2D eigenvalue weighted by molar-refractivity contribution is 7.80. The molecule has 0 spiro atoms. The number of amides is 3. The molecule has 31 heavy (non-hydrogen) atoms. The van der Waals surface area contributed by atoms with Crippen LogP contribution in [0.15, 0.2) is 71.3 Å². The van der Waals surface area contributed by atoms with Crippen molar-refractivity contribution in [2.24, 2.45) is 11.0 Å². The number of carbonyl (C=O) groups is 3. The molecule has 1 fully saturated rings. The maximum absolute atomic E-state index is 13.2. The number of benzene rings is 2. The van der Waals surface area contributed by atoms with Gasteiger partial charge in [0.1, 0.15) is 11.3 Å². The van der Waals surface area contributed by atoms with Gasteiger partial charge >= 0.3 is 0 Å². The van der Waals surface area contributed by atoms with Gasteiger partial charge in [-0.05, 0) is 49.5 Å². The fourth-order valence-corrected chi connectivity index (χ4v) is 3.63. The summed E-state index contributed by atoms with van der Waals surface area (Å²) in [6.45, 7) is 1.68. The molecule has 0 saturated carbocycles. The molecule has 0 aromatic heterocycles. The predicted molar refractivity (Wildman–Crippen MR) is 120 cm³/mol. The molecule has 0 bridgehead atoms. The Bertz CT molecular complexity index is 1160. The first kappa shape index (κ1) is 20.4. The van der Waals surface area contributed by atoms with Crippen LogP contribution in [0.5, 0.6) is 5.75 Å². The highest BCUT2D eigenvalue weighted by atomic mass is 32.1. The van der Waals surface area contributed by atoms with Crippen LogP contribution in [-0.2, 0) is 14.4 Å². The van der Waals surface area contributed by atoms with E-state index in [4.69, 9.17) is 17.0 Å². The number of hydrogen-bond acceptors (Lipinski definition) is 6. The highest BCUT2D eigenvalue weighted by Crippen LogP contribution is 2.28. The summed E-state index contributed by atoms with van der Waals surface area (Å²) in [5, 5.41) is 8.05. The molecule has 2 aliphatic heterocycles. The molecule has 2 aliphatic rings. The molecular weight excluding hydrogens is 416 g/mol. The number of nitrogens with one attached hydrogen (secondary N) is 1. The Labute approximate surface area is 183 Å². The summed E-state index contributed by atoms with van der Waals surface area (Å²) in [6.07, 6.45) is 1.34. The Morgan fingerprint density at radius 1 is 1.06 bits per heavy atom. The molecule has 9 heteroatoms. The number of hydrogen-bond donors (Lipinski definition) is 1. The van der Waals surface area contributed by atoms with Crippen molar-refractivity contribution in [1.82, 2.24) is 5.32 Å². The Morgan fingerprint density at radius 3 is 2.48 bits per heavy atom. The smallest absolute Gasteiger partial charge is 0.269 e. The summed E-state index contributed by atoms with van der Waals surface area (Å²) in [7, 11) is 1.51. The van der Waals surface area contributed by atoms with Gasteiger partial charge in [-0.3, -0.25) is 24.6 Å². The van der Waals surface area contributed by atoms with Crippen molar-refractivity contribution >= 4 is 52.1 Å². The number of anilines is 2. The number of rotatable bonds is 4. The number of thiocarbonyl (C=S) groups is 1. The third kappa shape index (κ3) is 3.71. The van der Waals surface area contributed by atoms with Gasteiger partial charge in [-0.15, -0.1) is 0 Å². The monoisotopic (exact) mass is 434 g/mol. The first-order chi connectivity index (χ1) is 14.9. The zero-order valence-electron chi connectivity index (χ0n) is 16.7. The van der Waals surface area contributed by atoms with E-state index in [0.29, 0.717) is 22.8 Å². The van der Waals surface area contributed by atoms with Crippen molar-refractivity contribution in [2.45, 2.75) is 6.92 Å². The third-order valence-corrected chi connectivity index (χ3v) is 5.21. The maximum Gasteiger partial charge on any atom is 0.269 e. The first-order valence-electron chi connectivity index (χ1n) is 9.40. The topological polar surface area (TPSA) is 91.3 Å². The van der Waals surface area contributed by atoms with Crippen LogP contribution in [0.2, 0.25) is 0 Å². The number of hydrazone groups is 1. The summed E-state index contributed by atoms with van der Waals surface area (Å²) in [6, 6.07) is 15.7. The minimum absolute atomic E-state index is 0.0468. The van der Waals surface area contributed by atoms with Crippen LogP contribution >= 0.6 is 12.2 Å². The highest BCUT2D eigenvalue weighted by Gasteiger charge is 2.39. The second-order valence-electron chi connectivity index (χ2n) is 6.89. The standard InChI is InChI=1S/C22H18N4O4S/c1-13-17(21(29)26(24-13)14-7-4-3-5-8-14)12-18-19(27)23-22(31)25(20(18)28)15-9-6-10-16(11-15)30-2/h3-12,17H,1-2H3,(H,23,27,31)/b18-12-. The van der Waals surface area contributed by atoms with Gasteiger partial charge < -0.3 is 4.74 Å².